The number of benzene rings is 1. The van der Waals surface area contributed by atoms with Crippen LogP contribution in [0.1, 0.15) is 13.8 Å². The molecule has 8 nitrogen and oxygen atoms in total. The third-order valence-electron chi connectivity index (χ3n) is 4.45. The van der Waals surface area contributed by atoms with Crippen LogP contribution in [0.5, 0.6) is 0 Å². The standard InChI is InChI=1S/C18H25N7O/c1-3-24-8-10-25(11-9-24)18-16(19)17(20-12-21-18)23-15-6-4-14(5-7-15)22-13(2)26/h4-7,12H,3,8-11,19H2,1-2H3,(H,22,26)(H,20,21,23). The van der Waals surface area contributed by atoms with Crippen molar-refractivity contribution in [3.63, 3.8) is 0 Å². The van der Waals surface area contributed by atoms with Crippen LogP contribution in [0.25, 0.3) is 0 Å². The van der Waals surface area contributed by atoms with Gasteiger partial charge in [0.05, 0.1) is 0 Å². The zero-order chi connectivity index (χ0) is 18.5. The number of rotatable bonds is 5. The van der Waals surface area contributed by atoms with Crippen molar-refractivity contribution < 1.29 is 4.79 Å². The molecule has 26 heavy (non-hydrogen) atoms. The zero-order valence-corrected chi connectivity index (χ0v) is 15.2. The predicted molar refractivity (Wildman–Crippen MR) is 105 cm³/mol. The summed E-state index contributed by atoms with van der Waals surface area (Å²) in [6.45, 7) is 8.54. The maximum atomic E-state index is 11.1. The Balaban J connectivity index is 1.72. The summed E-state index contributed by atoms with van der Waals surface area (Å²) in [4.78, 5) is 24.4. The summed E-state index contributed by atoms with van der Waals surface area (Å²) in [6.07, 6.45) is 1.53. The molecular weight excluding hydrogens is 330 g/mol. The molecule has 0 saturated carbocycles. The van der Waals surface area contributed by atoms with E-state index in [1.54, 1.807) is 0 Å². The Bertz CT molecular complexity index is 755. The van der Waals surface area contributed by atoms with E-state index in [9.17, 15) is 4.79 Å². The fraction of sp³-hybridized carbons (Fsp3) is 0.389. The number of hydrogen-bond acceptors (Lipinski definition) is 7. The number of amides is 1. The fourth-order valence-corrected chi connectivity index (χ4v) is 2.99. The van der Waals surface area contributed by atoms with Crippen LogP contribution in [-0.2, 0) is 4.79 Å². The van der Waals surface area contributed by atoms with Gasteiger partial charge in [0.25, 0.3) is 0 Å². The van der Waals surface area contributed by atoms with Crippen LogP contribution < -0.4 is 21.3 Å². The predicted octanol–water partition coefficient (Wildman–Crippen LogP) is 1.90. The van der Waals surface area contributed by atoms with E-state index in [-0.39, 0.29) is 5.91 Å². The van der Waals surface area contributed by atoms with Gasteiger partial charge in [0.15, 0.2) is 11.6 Å². The van der Waals surface area contributed by atoms with Gasteiger partial charge >= 0.3 is 0 Å². The van der Waals surface area contributed by atoms with Crippen molar-refractivity contribution >= 4 is 34.6 Å². The summed E-state index contributed by atoms with van der Waals surface area (Å²) in [6, 6.07) is 7.39. The molecule has 0 atom stereocenters. The van der Waals surface area contributed by atoms with Crippen molar-refractivity contribution in [1.82, 2.24) is 14.9 Å². The Labute approximate surface area is 153 Å². The lowest BCUT2D eigenvalue weighted by Crippen LogP contribution is -2.46. The number of aromatic nitrogens is 2. The molecule has 1 aromatic carbocycles. The van der Waals surface area contributed by atoms with E-state index in [0.29, 0.717) is 11.5 Å². The maximum Gasteiger partial charge on any atom is 0.221 e. The van der Waals surface area contributed by atoms with Gasteiger partial charge in [-0.05, 0) is 30.8 Å². The molecule has 1 fully saturated rings. The van der Waals surface area contributed by atoms with E-state index in [0.717, 1.165) is 49.9 Å². The van der Waals surface area contributed by atoms with Crippen molar-refractivity contribution in [2.45, 2.75) is 13.8 Å². The Kier molecular flexibility index (Phi) is 5.52. The molecule has 4 N–H and O–H groups in total. The van der Waals surface area contributed by atoms with Gasteiger partial charge in [-0.2, -0.15) is 0 Å². The smallest absolute Gasteiger partial charge is 0.221 e. The minimum atomic E-state index is -0.0985. The first-order valence-corrected chi connectivity index (χ1v) is 8.79. The lowest BCUT2D eigenvalue weighted by Gasteiger charge is -2.35. The molecule has 0 bridgehead atoms. The summed E-state index contributed by atoms with van der Waals surface area (Å²) in [5.41, 5.74) is 8.45. The summed E-state index contributed by atoms with van der Waals surface area (Å²) >= 11 is 0. The van der Waals surface area contributed by atoms with Gasteiger partial charge in [-0.1, -0.05) is 6.92 Å². The maximum absolute atomic E-state index is 11.1. The van der Waals surface area contributed by atoms with Crippen molar-refractivity contribution in [2.75, 3.05) is 54.0 Å². The van der Waals surface area contributed by atoms with Crippen molar-refractivity contribution in [3.8, 4) is 0 Å². The quantitative estimate of drug-likeness (QED) is 0.753. The first-order valence-electron chi connectivity index (χ1n) is 8.79. The number of piperazine rings is 1. The second-order valence-electron chi connectivity index (χ2n) is 6.26. The van der Waals surface area contributed by atoms with E-state index in [4.69, 9.17) is 5.73 Å². The number of likely N-dealkylation sites (N-methyl/N-ethyl adjacent to an activating group) is 1. The molecule has 1 aromatic heterocycles. The SMILES string of the molecule is CCN1CCN(c2ncnc(Nc3ccc(NC(C)=O)cc3)c2N)CC1. The van der Waals surface area contributed by atoms with Crippen LogP contribution in [0.3, 0.4) is 0 Å². The first kappa shape index (κ1) is 17.9. The number of nitrogens with one attached hydrogen (secondary N) is 2. The van der Waals surface area contributed by atoms with Gasteiger partial charge in [-0.15, -0.1) is 0 Å². The Hall–Kier alpha value is -2.87. The average Bonchev–Trinajstić information content (AvgIpc) is 2.65. The van der Waals surface area contributed by atoms with E-state index >= 15 is 0 Å². The molecular formula is C18H25N7O. The third-order valence-corrected chi connectivity index (χ3v) is 4.45. The Morgan fingerprint density at radius 3 is 2.38 bits per heavy atom. The second-order valence-corrected chi connectivity index (χ2v) is 6.26. The summed E-state index contributed by atoms with van der Waals surface area (Å²) in [5.74, 6) is 1.26. The summed E-state index contributed by atoms with van der Waals surface area (Å²) < 4.78 is 0. The van der Waals surface area contributed by atoms with Gasteiger partial charge in [0.2, 0.25) is 5.91 Å². The van der Waals surface area contributed by atoms with E-state index < -0.39 is 0 Å². The number of anilines is 5. The van der Waals surface area contributed by atoms with E-state index in [2.05, 4.69) is 37.3 Å². The molecule has 8 heteroatoms. The molecule has 2 aromatic rings. The third kappa shape index (κ3) is 4.20. The highest BCUT2D eigenvalue weighted by molar-refractivity contribution is 5.89. The van der Waals surface area contributed by atoms with Crippen molar-refractivity contribution in [3.05, 3.63) is 30.6 Å². The van der Waals surface area contributed by atoms with Crippen molar-refractivity contribution in [2.24, 2.45) is 0 Å². The fourth-order valence-electron chi connectivity index (χ4n) is 2.99. The van der Waals surface area contributed by atoms with Crippen LogP contribution >= 0.6 is 0 Å². The number of nitrogen functional groups attached to an aromatic ring is 1. The van der Waals surface area contributed by atoms with Crippen LogP contribution in [0.4, 0.5) is 28.7 Å². The second kappa shape index (κ2) is 8.01. The van der Waals surface area contributed by atoms with Gasteiger partial charge in [-0.25, -0.2) is 9.97 Å². The van der Waals surface area contributed by atoms with Crippen LogP contribution in [0.2, 0.25) is 0 Å². The Morgan fingerprint density at radius 1 is 1.12 bits per heavy atom. The molecule has 0 radical (unpaired) electrons. The van der Waals surface area contributed by atoms with E-state index in [1.165, 1.54) is 13.3 Å². The van der Waals surface area contributed by atoms with E-state index in [1.807, 2.05) is 24.3 Å². The molecule has 1 saturated heterocycles. The van der Waals surface area contributed by atoms with Crippen LogP contribution in [-0.4, -0.2) is 53.5 Å². The molecule has 1 aliphatic heterocycles. The summed E-state index contributed by atoms with van der Waals surface area (Å²) in [7, 11) is 0. The highest BCUT2D eigenvalue weighted by Crippen LogP contribution is 2.29. The molecule has 0 spiro atoms. The zero-order valence-electron chi connectivity index (χ0n) is 15.2. The topological polar surface area (TPSA) is 99.4 Å². The number of carbonyl (C=O) groups is 1. The molecule has 1 amide bonds. The van der Waals surface area contributed by atoms with Gasteiger partial charge in [0.1, 0.15) is 12.0 Å². The van der Waals surface area contributed by atoms with Gasteiger partial charge in [-0.3, -0.25) is 4.79 Å². The minimum Gasteiger partial charge on any atom is -0.393 e. The minimum absolute atomic E-state index is 0.0985. The lowest BCUT2D eigenvalue weighted by molar-refractivity contribution is -0.114. The monoisotopic (exact) mass is 355 g/mol. The number of hydrogen-bond donors (Lipinski definition) is 3. The summed E-state index contributed by atoms with van der Waals surface area (Å²) in [5, 5.41) is 5.97. The van der Waals surface area contributed by atoms with Gasteiger partial charge in [0, 0.05) is 44.5 Å². The lowest BCUT2D eigenvalue weighted by atomic mass is 10.2. The molecule has 0 unspecified atom stereocenters. The van der Waals surface area contributed by atoms with Gasteiger partial charge < -0.3 is 26.2 Å². The number of carbonyl (C=O) groups excluding carboxylic acids is 1. The number of nitrogens with two attached hydrogens (primary N) is 1. The van der Waals surface area contributed by atoms with Crippen LogP contribution in [0, 0.1) is 0 Å². The van der Waals surface area contributed by atoms with Crippen molar-refractivity contribution in [1.29, 1.82) is 0 Å². The molecule has 3 rings (SSSR count). The molecule has 1 aliphatic rings. The molecule has 2 heterocycles. The first-order chi connectivity index (χ1) is 12.6. The van der Waals surface area contributed by atoms with Crippen LogP contribution in [0.15, 0.2) is 30.6 Å². The average molecular weight is 355 g/mol. The normalized spacial score (nSPS) is 14.9. The Morgan fingerprint density at radius 2 is 1.77 bits per heavy atom. The highest BCUT2D eigenvalue weighted by atomic mass is 16.1. The largest absolute Gasteiger partial charge is 0.393 e. The molecule has 138 valence electrons. The highest BCUT2D eigenvalue weighted by Gasteiger charge is 2.20. The molecule has 0 aliphatic carbocycles. The number of nitrogens with zero attached hydrogens (tertiary/aromatic N) is 4.